The van der Waals surface area contributed by atoms with E-state index < -0.39 is 0 Å². The van der Waals surface area contributed by atoms with Crippen LogP contribution in [0.2, 0.25) is 0 Å². The van der Waals surface area contributed by atoms with E-state index in [2.05, 4.69) is 5.32 Å². The molecule has 0 aliphatic carbocycles. The first-order chi connectivity index (χ1) is 12.2. The number of amides is 1. The highest BCUT2D eigenvalue weighted by Crippen LogP contribution is 2.39. The predicted molar refractivity (Wildman–Crippen MR) is 103 cm³/mol. The van der Waals surface area contributed by atoms with E-state index in [1.54, 1.807) is 0 Å². The summed E-state index contributed by atoms with van der Waals surface area (Å²) in [6.07, 6.45) is 0.721. The fourth-order valence-electron chi connectivity index (χ4n) is 3.35. The molecule has 1 atom stereocenters. The number of carbonyl (C=O) groups excluding carboxylic acids is 1. The third-order valence-corrected chi connectivity index (χ3v) is 4.88. The lowest BCUT2D eigenvalue weighted by Gasteiger charge is -2.38. The highest BCUT2D eigenvalue weighted by molar-refractivity contribution is 5.78. The van der Waals surface area contributed by atoms with Gasteiger partial charge in [0.05, 0.1) is 6.04 Å². The lowest BCUT2D eigenvalue weighted by Crippen LogP contribution is -2.42. The van der Waals surface area contributed by atoms with Crippen LogP contribution in [0.5, 0.6) is 11.5 Å². The van der Waals surface area contributed by atoms with Gasteiger partial charge in [-0.2, -0.15) is 0 Å². The van der Waals surface area contributed by atoms with Gasteiger partial charge in [0.15, 0.2) is 6.61 Å². The Balaban J connectivity index is 1.70. The van der Waals surface area contributed by atoms with Crippen molar-refractivity contribution in [3.8, 4) is 11.5 Å². The molecule has 138 valence electrons. The molecule has 2 aromatic carbocycles. The molecule has 3 rings (SSSR count). The molecule has 0 spiro atoms. The summed E-state index contributed by atoms with van der Waals surface area (Å²) in [6.45, 7) is 10.2. The van der Waals surface area contributed by atoms with E-state index in [0.717, 1.165) is 40.2 Å². The molecule has 0 radical (unpaired) electrons. The van der Waals surface area contributed by atoms with Crippen molar-refractivity contribution < 1.29 is 14.3 Å². The van der Waals surface area contributed by atoms with E-state index in [4.69, 9.17) is 9.47 Å². The molecule has 4 nitrogen and oxygen atoms in total. The van der Waals surface area contributed by atoms with Gasteiger partial charge in [-0.3, -0.25) is 4.79 Å². The molecule has 1 aliphatic heterocycles. The zero-order chi connectivity index (χ0) is 18.9. The van der Waals surface area contributed by atoms with Crippen LogP contribution in [0.1, 0.15) is 48.6 Å². The van der Waals surface area contributed by atoms with E-state index >= 15 is 0 Å². The molecule has 1 amide bonds. The van der Waals surface area contributed by atoms with Crippen molar-refractivity contribution >= 4 is 5.91 Å². The molecular weight excluding hydrogens is 326 g/mol. The van der Waals surface area contributed by atoms with E-state index in [1.165, 1.54) is 0 Å². The third-order valence-electron chi connectivity index (χ3n) is 4.88. The molecule has 0 aromatic heterocycles. The minimum atomic E-state index is -0.327. The fraction of sp³-hybridized carbons (Fsp3) is 0.409. The Morgan fingerprint density at radius 2 is 2.00 bits per heavy atom. The van der Waals surface area contributed by atoms with Crippen LogP contribution in [0.4, 0.5) is 0 Å². The van der Waals surface area contributed by atoms with Crippen molar-refractivity contribution in [1.29, 1.82) is 0 Å². The van der Waals surface area contributed by atoms with Crippen molar-refractivity contribution in [3.63, 3.8) is 0 Å². The Labute approximate surface area is 155 Å². The molecule has 2 aromatic rings. The van der Waals surface area contributed by atoms with Crippen molar-refractivity contribution in [2.75, 3.05) is 6.61 Å². The minimum Gasteiger partial charge on any atom is -0.487 e. The summed E-state index contributed by atoms with van der Waals surface area (Å²) in [5.74, 6) is 1.48. The van der Waals surface area contributed by atoms with E-state index in [1.807, 2.05) is 71.0 Å². The number of ether oxygens (including phenoxy) is 2. The standard InChI is InChI=1S/C22H27NO3/c1-14-9-10-17-18(12-22(4,5)26-20(17)11-14)23-21(24)13-25-19-8-6-7-15(2)16(19)3/h6-11,18H,12-13H2,1-5H3,(H,23,24). The van der Waals surface area contributed by atoms with Crippen LogP contribution >= 0.6 is 0 Å². The first kappa shape index (κ1) is 18.3. The average Bonchev–Trinajstić information content (AvgIpc) is 2.54. The lowest BCUT2D eigenvalue weighted by atomic mass is 9.89. The molecule has 0 saturated carbocycles. The van der Waals surface area contributed by atoms with Crippen LogP contribution < -0.4 is 14.8 Å². The molecular formula is C22H27NO3. The quantitative estimate of drug-likeness (QED) is 0.886. The summed E-state index contributed by atoms with van der Waals surface area (Å²) in [5.41, 5.74) is 4.05. The van der Waals surface area contributed by atoms with E-state index in [9.17, 15) is 4.79 Å². The maximum Gasteiger partial charge on any atom is 0.258 e. The lowest BCUT2D eigenvalue weighted by molar-refractivity contribution is -0.124. The Morgan fingerprint density at radius 3 is 2.77 bits per heavy atom. The Kier molecular flexibility index (Phi) is 4.94. The van der Waals surface area contributed by atoms with E-state index in [-0.39, 0.29) is 24.2 Å². The molecule has 0 fully saturated rings. The van der Waals surface area contributed by atoms with Crippen molar-refractivity contribution in [2.45, 2.75) is 52.7 Å². The maximum atomic E-state index is 12.5. The van der Waals surface area contributed by atoms with Crippen LogP contribution in [0.3, 0.4) is 0 Å². The SMILES string of the molecule is Cc1ccc2c(c1)OC(C)(C)CC2NC(=O)COc1cccc(C)c1C. The molecule has 26 heavy (non-hydrogen) atoms. The number of nitrogens with one attached hydrogen (secondary N) is 1. The Bertz CT molecular complexity index is 826. The largest absolute Gasteiger partial charge is 0.487 e. The number of benzene rings is 2. The van der Waals surface area contributed by atoms with Crippen LogP contribution in [0, 0.1) is 20.8 Å². The second-order valence-corrected chi connectivity index (χ2v) is 7.71. The number of carbonyl (C=O) groups is 1. The van der Waals surface area contributed by atoms with Gasteiger partial charge >= 0.3 is 0 Å². The summed E-state index contributed by atoms with van der Waals surface area (Å²) in [5, 5.41) is 3.11. The van der Waals surface area contributed by atoms with Crippen molar-refractivity contribution in [1.82, 2.24) is 5.32 Å². The number of hydrogen-bond donors (Lipinski definition) is 1. The van der Waals surface area contributed by atoms with Gasteiger partial charge in [0, 0.05) is 12.0 Å². The number of hydrogen-bond acceptors (Lipinski definition) is 3. The summed E-state index contributed by atoms with van der Waals surface area (Å²) < 4.78 is 11.8. The molecule has 1 heterocycles. The van der Waals surface area contributed by atoms with Gasteiger partial charge in [0.25, 0.3) is 5.91 Å². The summed E-state index contributed by atoms with van der Waals surface area (Å²) >= 11 is 0. The van der Waals surface area contributed by atoms with Gasteiger partial charge in [-0.1, -0.05) is 24.3 Å². The van der Waals surface area contributed by atoms with Crippen LogP contribution in [-0.4, -0.2) is 18.1 Å². The summed E-state index contributed by atoms with van der Waals surface area (Å²) in [7, 11) is 0. The number of aryl methyl sites for hydroxylation is 2. The van der Waals surface area contributed by atoms with Gasteiger partial charge in [0.2, 0.25) is 0 Å². The topological polar surface area (TPSA) is 47.6 Å². The van der Waals surface area contributed by atoms with Gasteiger partial charge in [-0.15, -0.1) is 0 Å². The van der Waals surface area contributed by atoms with Gasteiger partial charge in [0.1, 0.15) is 17.1 Å². The molecule has 4 heteroatoms. The second kappa shape index (κ2) is 7.02. The monoisotopic (exact) mass is 353 g/mol. The second-order valence-electron chi connectivity index (χ2n) is 7.71. The Hall–Kier alpha value is -2.49. The first-order valence-corrected chi connectivity index (χ1v) is 9.03. The highest BCUT2D eigenvalue weighted by Gasteiger charge is 2.34. The normalized spacial score (nSPS) is 17.8. The van der Waals surface area contributed by atoms with Crippen LogP contribution in [-0.2, 0) is 4.79 Å². The predicted octanol–water partition coefficient (Wildman–Crippen LogP) is 4.41. The molecule has 0 bridgehead atoms. The van der Waals surface area contributed by atoms with E-state index in [0.29, 0.717) is 0 Å². The molecule has 0 saturated heterocycles. The van der Waals surface area contributed by atoms with Crippen molar-refractivity contribution in [2.24, 2.45) is 0 Å². The zero-order valence-corrected chi connectivity index (χ0v) is 16.2. The number of fused-ring (bicyclic) bond motifs is 1. The zero-order valence-electron chi connectivity index (χ0n) is 16.2. The number of rotatable bonds is 4. The molecule has 1 N–H and O–H groups in total. The highest BCUT2D eigenvalue weighted by atomic mass is 16.5. The van der Waals surface area contributed by atoms with Crippen LogP contribution in [0.15, 0.2) is 36.4 Å². The fourth-order valence-corrected chi connectivity index (χ4v) is 3.35. The molecule has 1 unspecified atom stereocenters. The maximum absolute atomic E-state index is 12.5. The van der Waals surface area contributed by atoms with Crippen LogP contribution in [0.25, 0.3) is 0 Å². The Morgan fingerprint density at radius 1 is 1.23 bits per heavy atom. The first-order valence-electron chi connectivity index (χ1n) is 9.03. The molecule has 1 aliphatic rings. The summed E-state index contributed by atoms with van der Waals surface area (Å²) in [4.78, 5) is 12.5. The van der Waals surface area contributed by atoms with Gasteiger partial charge < -0.3 is 14.8 Å². The van der Waals surface area contributed by atoms with Gasteiger partial charge in [-0.05, 0) is 63.4 Å². The smallest absolute Gasteiger partial charge is 0.258 e. The average molecular weight is 353 g/mol. The van der Waals surface area contributed by atoms with Gasteiger partial charge in [-0.25, -0.2) is 0 Å². The summed E-state index contributed by atoms with van der Waals surface area (Å²) in [6, 6.07) is 11.9. The third kappa shape index (κ3) is 4.01. The van der Waals surface area contributed by atoms with Crippen molar-refractivity contribution in [3.05, 3.63) is 58.7 Å². The minimum absolute atomic E-state index is 0.00325.